The Bertz CT molecular complexity index is 74.2. The molecule has 2 N–H and O–H groups in total. The number of aliphatic hydroxyl groups excluding tert-OH is 2. The second-order valence-corrected chi connectivity index (χ2v) is 7.46. The molecule has 0 bridgehead atoms. The Balaban J connectivity index is 3.62. The molecule has 0 saturated heterocycles. The summed E-state index contributed by atoms with van der Waals surface area (Å²) >= 11 is 0. The van der Waals surface area contributed by atoms with Gasteiger partial charge < -0.3 is 14.3 Å². The van der Waals surface area contributed by atoms with Crippen LogP contribution < -0.4 is 0 Å². The lowest BCUT2D eigenvalue weighted by atomic mass is 11.6. The molecule has 0 saturated carbocycles. The maximum absolute atomic E-state index is 8.72. The van der Waals surface area contributed by atoms with Gasteiger partial charge in [-0.3, -0.25) is 0 Å². The molecule has 3 nitrogen and oxygen atoms in total. The van der Waals surface area contributed by atoms with Crippen LogP contribution in [0.3, 0.4) is 0 Å². The zero-order chi connectivity index (χ0) is 7.33. The van der Waals surface area contributed by atoms with Crippen LogP contribution in [0.15, 0.2) is 0 Å². The first-order valence-electron chi connectivity index (χ1n) is 3.04. The maximum atomic E-state index is 8.72. The van der Waals surface area contributed by atoms with Gasteiger partial charge in [-0.05, 0) is 6.55 Å². The highest BCUT2D eigenvalue weighted by Crippen LogP contribution is 1.99. The Morgan fingerprint density at radius 3 is 2.00 bits per heavy atom. The Kier molecular flexibility index (Phi) is 4.33. The molecule has 0 radical (unpaired) electrons. The SMILES string of the molecule is C[SiH2]O[Si](C)(CO)CO. The number of aliphatic hydroxyl groups is 2. The molecule has 0 rings (SSSR count). The second-order valence-electron chi connectivity index (χ2n) is 2.20. The zero-order valence-electron chi connectivity index (χ0n) is 5.92. The average Bonchev–Trinajstić information content (AvgIpc) is 1.89. The van der Waals surface area contributed by atoms with Crippen LogP contribution in [-0.4, -0.2) is 40.8 Å². The van der Waals surface area contributed by atoms with Crippen molar-refractivity contribution in [3.8, 4) is 0 Å². The van der Waals surface area contributed by atoms with Crippen molar-refractivity contribution in [3.63, 3.8) is 0 Å². The predicted molar refractivity (Wildman–Crippen MR) is 41.3 cm³/mol. The van der Waals surface area contributed by atoms with Gasteiger partial charge in [-0.15, -0.1) is 0 Å². The fourth-order valence-electron chi connectivity index (χ4n) is 0.490. The first kappa shape index (κ1) is 9.31. The minimum atomic E-state index is -2.02. The summed E-state index contributed by atoms with van der Waals surface area (Å²) in [7, 11) is -2.49. The molecule has 9 heavy (non-hydrogen) atoms. The lowest BCUT2D eigenvalue weighted by molar-refractivity contribution is 0.290. The van der Waals surface area contributed by atoms with E-state index in [2.05, 4.69) is 0 Å². The van der Waals surface area contributed by atoms with Crippen LogP contribution in [0.5, 0.6) is 0 Å². The van der Waals surface area contributed by atoms with Gasteiger partial charge >= 0.3 is 0 Å². The molecule has 0 spiro atoms. The summed E-state index contributed by atoms with van der Waals surface area (Å²) < 4.78 is 5.31. The molecule has 5 heteroatoms. The molecular formula is C4H14O3Si2. The van der Waals surface area contributed by atoms with Gasteiger partial charge in [0.2, 0.25) is 8.32 Å². The van der Waals surface area contributed by atoms with Crippen LogP contribution in [0.2, 0.25) is 13.1 Å². The van der Waals surface area contributed by atoms with Crippen LogP contribution in [0.25, 0.3) is 0 Å². The van der Waals surface area contributed by atoms with Gasteiger partial charge in [-0.25, -0.2) is 0 Å². The lowest BCUT2D eigenvalue weighted by Crippen LogP contribution is -2.44. The third-order valence-electron chi connectivity index (χ3n) is 1.16. The van der Waals surface area contributed by atoms with Crippen molar-refractivity contribution < 1.29 is 14.3 Å². The van der Waals surface area contributed by atoms with E-state index in [9.17, 15) is 0 Å². The van der Waals surface area contributed by atoms with E-state index in [1.807, 2.05) is 13.1 Å². The Morgan fingerprint density at radius 1 is 1.44 bits per heavy atom. The van der Waals surface area contributed by atoms with Crippen molar-refractivity contribution in [1.82, 2.24) is 0 Å². The monoisotopic (exact) mass is 166 g/mol. The van der Waals surface area contributed by atoms with Crippen molar-refractivity contribution in [3.05, 3.63) is 0 Å². The molecular weight excluding hydrogens is 152 g/mol. The quantitative estimate of drug-likeness (QED) is 0.514. The highest BCUT2D eigenvalue weighted by molar-refractivity contribution is 6.75. The van der Waals surface area contributed by atoms with E-state index < -0.39 is 18.1 Å². The summed E-state index contributed by atoms with van der Waals surface area (Å²) in [6.45, 7) is 3.83. The van der Waals surface area contributed by atoms with Crippen LogP contribution in [0, 0.1) is 0 Å². The summed E-state index contributed by atoms with van der Waals surface area (Å²) in [4.78, 5) is 0. The number of hydrogen-bond acceptors (Lipinski definition) is 3. The molecule has 0 aliphatic carbocycles. The summed E-state index contributed by atoms with van der Waals surface area (Å²) in [6, 6.07) is 0. The highest BCUT2D eigenvalue weighted by atomic mass is 28.4. The lowest BCUT2D eigenvalue weighted by Gasteiger charge is -2.21. The third-order valence-corrected chi connectivity index (χ3v) is 6.44. The summed E-state index contributed by atoms with van der Waals surface area (Å²) in [5, 5.41) is 17.4. The first-order valence-corrected chi connectivity index (χ1v) is 7.85. The van der Waals surface area contributed by atoms with E-state index in [1.54, 1.807) is 0 Å². The van der Waals surface area contributed by atoms with Gasteiger partial charge in [0, 0.05) is 0 Å². The molecule has 0 unspecified atom stereocenters. The zero-order valence-corrected chi connectivity index (χ0v) is 8.34. The molecule has 0 aromatic carbocycles. The molecule has 0 aromatic heterocycles. The van der Waals surface area contributed by atoms with E-state index >= 15 is 0 Å². The third kappa shape index (κ3) is 3.12. The van der Waals surface area contributed by atoms with Crippen molar-refractivity contribution in [2.24, 2.45) is 0 Å². The van der Waals surface area contributed by atoms with Gasteiger partial charge in [-0.2, -0.15) is 0 Å². The molecule has 0 aliphatic heterocycles. The van der Waals surface area contributed by atoms with Crippen LogP contribution >= 0.6 is 0 Å². The average molecular weight is 166 g/mol. The fourth-order valence-corrected chi connectivity index (χ4v) is 4.11. The van der Waals surface area contributed by atoms with E-state index in [4.69, 9.17) is 14.3 Å². The molecule has 0 aromatic rings. The summed E-state index contributed by atoms with van der Waals surface area (Å²) in [6.07, 6.45) is 0.0642. The molecule has 0 atom stereocenters. The highest BCUT2D eigenvalue weighted by Gasteiger charge is 2.25. The van der Waals surface area contributed by atoms with Crippen LogP contribution in [0.4, 0.5) is 0 Å². The Morgan fingerprint density at radius 2 is 1.89 bits per heavy atom. The van der Waals surface area contributed by atoms with Gasteiger partial charge in [-0.1, -0.05) is 6.55 Å². The van der Waals surface area contributed by atoms with E-state index in [-0.39, 0.29) is 12.5 Å². The van der Waals surface area contributed by atoms with E-state index in [0.29, 0.717) is 0 Å². The van der Waals surface area contributed by atoms with Gasteiger partial charge in [0.05, 0.1) is 12.5 Å². The first-order chi connectivity index (χ1) is 4.18. The normalized spacial score (nSPS) is 13.3. The predicted octanol–water partition coefficient (Wildman–Crippen LogP) is -1.23. The number of hydrogen-bond donors (Lipinski definition) is 2. The summed E-state index contributed by atoms with van der Waals surface area (Å²) in [5.74, 6) is 0. The molecule has 0 fully saturated rings. The van der Waals surface area contributed by atoms with Crippen molar-refractivity contribution in [2.75, 3.05) is 12.5 Å². The Labute approximate surface area is 58.7 Å². The standard InChI is InChI=1S/C4H14O3Si2/c1-8-7-9(2,3-5)4-6/h5-6H,3-4,8H2,1-2H3. The van der Waals surface area contributed by atoms with Crippen molar-refractivity contribution in [1.29, 1.82) is 0 Å². The van der Waals surface area contributed by atoms with Gasteiger partial charge in [0.15, 0.2) is 0 Å². The second kappa shape index (κ2) is 4.18. The smallest absolute Gasteiger partial charge is 0.227 e. The Hall–Kier alpha value is 0.314. The molecule has 0 aliphatic rings. The number of rotatable bonds is 4. The maximum Gasteiger partial charge on any atom is 0.227 e. The topological polar surface area (TPSA) is 49.7 Å². The summed E-state index contributed by atoms with van der Waals surface area (Å²) in [5.41, 5.74) is 0. The van der Waals surface area contributed by atoms with Crippen molar-refractivity contribution >= 4 is 18.1 Å². The van der Waals surface area contributed by atoms with E-state index in [1.165, 1.54) is 0 Å². The fraction of sp³-hybridized carbons (Fsp3) is 1.00. The van der Waals surface area contributed by atoms with E-state index in [0.717, 1.165) is 0 Å². The molecule has 0 amide bonds. The van der Waals surface area contributed by atoms with Crippen LogP contribution in [0.1, 0.15) is 0 Å². The largest absolute Gasteiger partial charge is 0.458 e. The van der Waals surface area contributed by atoms with Crippen LogP contribution in [-0.2, 0) is 4.12 Å². The van der Waals surface area contributed by atoms with Crippen molar-refractivity contribution in [2.45, 2.75) is 13.1 Å². The minimum Gasteiger partial charge on any atom is -0.458 e. The molecule has 0 heterocycles. The molecule has 56 valence electrons. The minimum absolute atomic E-state index is 0.0321. The van der Waals surface area contributed by atoms with Gasteiger partial charge in [0.25, 0.3) is 0 Å². The van der Waals surface area contributed by atoms with Gasteiger partial charge in [0.1, 0.15) is 9.76 Å².